The first kappa shape index (κ1) is 13.0. The Morgan fingerprint density at radius 3 is 2.65 bits per heavy atom. The second-order valence-electron chi connectivity index (χ2n) is 5.09. The number of nitrogens with one attached hydrogen (secondary N) is 1. The van der Waals surface area contributed by atoms with Gasteiger partial charge in [0.05, 0.1) is 10.7 Å². The second-order valence-corrected chi connectivity index (χ2v) is 6.15. The molecule has 0 bridgehead atoms. The molecule has 0 saturated heterocycles. The van der Waals surface area contributed by atoms with Gasteiger partial charge in [-0.2, -0.15) is 0 Å². The largest absolute Gasteiger partial charge is 0.271 e. The van der Waals surface area contributed by atoms with Crippen LogP contribution in [-0.4, -0.2) is 11.0 Å². The minimum atomic E-state index is 0.398. The number of aryl methyl sites for hydroxylation is 1. The summed E-state index contributed by atoms with van der Waals surface area (Å²) < 4.78 is 0. The SMILES string of the molecule is Cc1nc(CC(NN)C2CCCCCC2)cs1. The molecule has 3 N–H and O–H groups in total. The maximum Gasteiger partial charge on any atom is 0.0897 e. The molecule has 1 saturated carbocycles. The molecule has 1 fully saturated rings. The van der Waals surface area contributed by atoms with Crippen molar-refractivity contribution in [2.45, 2.75) is 57.9 Å². The monoisotopic (exact) mass is 253 g/mol. The van der Waals surface area contributed by atoms with Crippen LogP contribution in [-0.2, 0) is 6.42 Å². The molecular formula is C13H23N3S. The molecule has 0 aliphatic heterocycles. The molecule has 1 unspecified atom stereocenters. The van der Waals surface area contributed by atoms with E-state index in [1.54, 1.807) is 11.3 Å². The van der Waals surface area contributed by atoms with E-state index in [1.807, 2.05) is 0 Å². The van der Waals surface area contributed by atoms with E-state index in [4.69, 9.17) is 5.84 Å². The van der Waals surface area contributed by atoms with E-state index in [1.165, 1.54) is 44.2 Å². The highest BCUT2D eigenvalue weighted by molar-refractivity contribution is 7.09. The van der Waals surface area contributed by atoms with Crippen LogP contribution in [0.15, 0.2) is 5.38 Å². The van der Waals surface area contributed by atoms with Crippen LogP contribution in [0.4, 0.5) is 0 Å². The van der Waals surface area contributed by atoms with Crippen molar-refractivity contribution < 1.29 is 0 Å². The Kier molecular flexibility index (Phi) is 4.95. The summed E-state index contributed by atoms with van der Waals surface area (Å²) in [7, 11) is 0. The van der Waals surface area contributed by atoms with Crippen molar-refractivity contribution in [3.63, 3.8) is 0 Å². The molecule has 0 amide bonds. The molecule has 1 heterocycles. The number of nitrogens with zero attached hydrogens (tertiary/aromatic N) is 1. The molecular weight excluding hydrogens is 230 g/mol. The summed E-state index contributed by atoms with van der Waals surface area (Å²) in [6.07, 6.45) is 9.12. The molecule has 2 rings (SSSR count). The van der Waals surface area contributed by atoms with E-state index in [0.29, 0.717) is 6.04 Å². The first-order valence-electron chi connectivity index (χ1n) is 6.66. The molecule has 96 valence electrons. The summed E-state index contributed by atoms with van der Waals surface area (Å²) in [4.78, 5) is 4.54. The predicted molar refractivity (Wildman–Crippen MR) is 72.9 cm³/mol. The standard InChI is InChI=1S/C13H23N3S/c1-10-15-12(9-17-10)8-13(16-14)11-6-4-2-3-5-7-11/h9,11,13,16H,2-8,14H2,1H3. The molecule has 0 radical (unpaired) electrons. The number of hydrogen-bond acceptors (Lipinski definition) is 4. The minimum Gasteiger partial charge on any atom is -0.271 e. The maximum atomic E-state index is 5.73. The second kappa shape index (κ2) is 6.47. The quantitative estimate of drug-likeness (QED) is 0.493. The minimum absolute atomic E-state index is 0.398. The lowest BCUT2D eigenvalue weighted by atomic mass is 9.89. The molecule has 17 heavy (non-hydrogen) atoms. The number of hydrazine groups is 1. The van der Waals surface area contributed by atoms with E-state index < -0.39 is 0 Å². The highest BCUT2D eigenvalue weighted by Crippen LogP contribution is 2.27. The number of aromatic nitrogens is 1. The maximum absolute atomic E-state index is 5.73. The van der Waals surface area contributed by atoms with E-state index in [-0.39, 0.29) is 0 Å². The molecule has 1 aliphatic carbocycles. The number of thiazole rings is 1. The van der Waals surface area contributed by atoms with Crippen LogP contribution in [0.3, 0.4) is 0 Å². The molecule has 1 aromatic heterocycles. The number of hydrogen-bond donors (Lipinski definition) is 2. The molecule has 0 spiro atoms. The average molecular weight is 253 g/mol. The number of nitrogens with two attached hydrogens (primary N) is 1. The van der Waals surface area contributed by atoms with E-state index in [0.717, 1.165) is 17.3 Å². The Morgan fingerprint density at radius 2 is 2.12 bits per heavy atom. The fourth-order valence-corrected chi connectivity index (χ4v) is 3.43. The number of rotatable bonds is 4. The van der Waals surface area contributed by atoms with Gasteiger partial charge in [-0.3, -0.25) is 11.3 Å². The van der Waals surface area contributed by atoms with Gasteiger partial charge in [-0.15, -0.1) is 11.3 Å². The van der Waals surface area contributed by atoms with Crippen molar-refractivity contribution in [2.75, 3.05) is 0 Å². The highest BCUT2D eigenvalue weighted by Gasteiger charge is 2.22. The molecule has 1 atom stereocenters. The fraction of sp³-hybridized carbons (Fsp3) is 0.769. The summed E-state index contributed by atoms with van der Waals surface area (Å²) >= 11 is 1.73. The zero-order valence-corrected chi connectivity index (χ0v) is 11.4. The Hall–Kier alpha value is -0.450. The Bertz CT molecular complexity index is 329. The summed E-state index contributed by atoms with van der Waals surface area (Å²) in [6.45, 7) is 2.06. The average Bonchev–Trinajstić information content (AvgIpc) is 2.58. The topological polar surface area (TPSA) is 50.9 Å². The molecule has 4 heteroatoms. The lowest BCUT2D eigenvalue weighted by Crippen LogP contribution is -2.42. The fourth-order valence-electron chi connectivity index (χ4n) is 2.80. The smallest absolute Gasteiger partial charge is 0.0897 e. The summed E-state index contributed by atoms with van der Waals surface area (Å²) in [5.41, 5.74) is 4.22. The third-order valence-corrected chi connectivity index (χ3v) is 4.60. The lowest BCUT2D eigenvalue weighted by Gasteiger charge is -2.24. The Labute approximate surface area is 108 Å². The summed E-state index contributed by atoms with van der Waals surface area (Å²) in [6, 6.07) is 0.398. The molecule has 0 aromatic carbocycles. The third-order valence-electron chi connectivity index (χ3n) is 3.78. The third kappa shape index (κ3) is 3.76. The van der Waals surface area contributed by atoms with Gasteiger partial charge in [-0.25, -0.2) is 4.98 Å². The van der Waals surface area contributed by atoms with Crippen molar-refractivity contribution in [2.24, 2.45) is 11.8 Å². The normalized spacial score (nSPS) is 20.1. The first-order chi connectivity index (χ1) is 8.29. The van der Waals surface area contributed by atoms with Crippen LogP contribution >= 0.6 is 11.3 Å². The lowest BCUT2D eigenvalue weighted by molar-refractivity contribution is 0.319. The predicted octanol–water partition coefficient (Wildman–Crippen LogP) is 2.80. The highest BCUT2D eigenvalue weighted by atomic mass is 32.1. The first-order valence-corrected chi connectivity index (χ1v) is 7.54. The van der Waals surface area contributed by atoms with Gasteiger partial charge in [0.1, 0.15) is 0 Å². The van der Waals surface area contributed by atoms with Gasteiger partial charge in [-0.1, -0.05) is 25.7 Å². The molecule has 1 aliphatic rings. The van der Waals surface area contributed by atoms with Crippen LogP contribution < -0.4 is 11.3 Å². The van der Waals surface area contributed by atoms with Crippen molar-refractivity contribution in [1.29, 1.82) is 0 Å². The van der Waals surface area contributed by atoms with Crippen molar-refractivity contribution in [1.82, 2.24) is 10.4 Å². The zero-order valence-electron chi connectivity index (χ0n) is 10.6. The van der Waals surface area contributed by atoms with Gasteiger partial charge in [0.25, 0.3) is 0 Å². The Balaban J connectivity index is 1.95. The van der Waals surface area contributed by atoms with Crippen LogP contribution in [0.2, 0.25) is 0 Å². The summed E-state index contributed by atoms with van der Waals surface area (Å²) in [5.74, 6) is 6.46. The van der Waals surface area contributed by atoms with Crippen LogP contribution in [0.5, 0.6) is 0 Å². The van der Waals surface area contributed by atoms with E-state index >= 15 is 0 Å². The van der Waals surface area contributed by atoms with Gasteiger partial charge in [0.15, 0.2) is 0 Å². The van der Waals surface area contributed by atoms with Crippen molar-refractivity contribution >= 4 is 11.3 Å². The van der Waals surface area contributed by atoms with E-state index in [2.05, 4.69) is 22.7 Å². The van der Waals surface area contributed by atoms with E-state index in [9.17, 15) is 0 Å². The Morgan fingerprint density at radius 1 is 1.41 bits per heavy atom. The van der Waals surface area contributed by atoms with Crippen LogP contribution in [0, 0.1) is 12.8 Å². The summed E-state index contributed by atoms with van der Waals surface area (Å²) in [5, 5.41) is 3.31. The van der Waals surface area contributed by atoms with Gasteiger partial charge < -0.3 is 0 Å². The molecule has 1 aromatic rings. The zero-order chi connectivity index (χ0) is 12.1. The van der Waals surface area contributed by atoms with Gasteiger partial charge in [0, 0.05) is 17.8 Å². The van der Waals surface area contributed by atoms with Crippen LogP contribution in [0.1, 0.15) is 49.2 Å². The van der Waals surface area contributed by atoms with Crippen molar-refractivity contribution in [3.8, 4) is 0 Å². The van der Waals surface area contributed by atoms with Gasteiger partial charge >= 0.3 is 0 Å². The van der Waals surface area contributed by atoms with Crippen molar-refractivity contribution in [3.05, 3.63) is 16.1 Å². The van der Waals surface area contributed by atoms with Gasteiger partial charge in [-0.05, 0) is 25.7 Å². The molecule has 3 nitrogen and oxygen atoms in total. The van der Waals surface area contributed by atoms with Crippen LogP contribution in [0.25, 0.3) is 0 Å². The van der Waals surface area contributed by atoms with Gasteiger partial charge in [0.2, 0.25) is 0 Å².